The molecule has 0 aliphatic rings. The molecule has 0 amide bonds. The Balaban J connectivity index is 2.97. The number of hydrogen-bond acceptors (Lipinski definition) is 4. The Labute approximate surface area is 111 Å². The zero-order valence-electron chi connectivity index (χ0n) is 11.0. The highest BCUT2D eigenvalue weighted by molar-refractivity contribution is 5.94. The van der Waals surface area contributed by atoms with Crippen molar-refractivity contribution in [1.29, 1.82) is 0 Å². The fraction of sp³-hybridized carbons (Fsp3) is 0.462. The van der Waals surface area contributed by atoms with Crippen LogP contribution in [0.2, 0.25) is 0 Å². The molecule has 1 aromatic rings. The van der Waals surface area contributed by atoms with Crippen LogP contribution < -0.4 is 0 Å². The predicted molar refractivity (Wildman–Crippen MR) is 69.2 cm³/mol. The molecule has 0 fully saturated rings. The number of benzene rings is 1. The molecule has 1 rings (SSSR count). The van der Waals surface area contributed by atoms with Gasteiger partial charge in [0.1, 0.15) is 5.56 Å². The molecule has 0 spiro atoms. The molecular formula is C13H17NO5. The maximum absolute atomic E-state index is 11.2. The van der Waals surface area contributed by atoms with Crippen LogP contribution in [0.4, 0.5) is 5.69 Å². The summed E-state index contributed by atoms with van der Waals surface area (Å²) in [5, 5.41) is 19.9. The summed E-state index contributed by atoms with van der Waals surface area (Å²) in [6.07, 6.45) is 1.81. The predicted octanol–water partition coefficient (Wildman–Crippen LogP) is 3.00. The molecule has 0 aliphatic carbocycles. The zero-order chi connectivity index (χ0) is 14.4. The molecule has 1 atom stereocenters. The van der Waals surface area contributed by atoms with Gasteiger partial charge in [-0.2, -0.15) is 0 Å². The third-order valence-electron chi connectivity index (χ3n) is 2.76. The second-order valence-electron chi connectivity index (χ2n) is 4.28. The van der Waals surface area contributed by atoms with E-state index in [-0.39, 0.29) is 18.3 Å². The summed E-state index contributed by atoms with van der Waals surface area (Å²) in [4.78, 5) is 21.3. The van der Waals surface area contributed by atoms with Crippen molar-refractivity contribution in [1.82, 2.24) is 0 Å². The first-order valence-corrected chi connectivity index (χ1v) is 6.08. The highest BCUT2D eigenvalue weighted by Gasteiger charge is 2.23. The van der Waals surface area contributed by atoms with Gasteiger partial charge < -0.3 is 9.84 Å². The van der Waals surface area contributed by atoms with Gasteiger partial charge in [0.05, 0.1) is 17.6 Å². The summed E-state index contributed by atoms with van der Waals surface area (Å²) in [6.45, 7) is 3.97. The lowest BCUT2D eigenvalue weighted by Gasteiger charge is -2.13. The van der Waals surface area contributed by atoms with Crippen molar-refractivity contribution < 1.29 is 19.6 Å². The van der Waals surface area contributed by atoms with E-state index in [1.165, 1.54) is 18.2 Å². The number of ether oxygens (including phenoxy) is 1. The standard InChI is InChI=1S/C13H17NO5/c1-3-5-9(2)19-8-10-6-4-7-11(14(17)18)12(10)13(15)16/h4,6-7,9H,3,5,8H2,1-2H3,(H,15,16). The summed E-state index contributed by atoms with van der Waals surface area (Å²) in [7, 11) is 0. The Hall–Kier alpha value is -1.95. The van der Waals surface area contributed by atoms with Gasteiger partial charge in [-0.1, -0.05) is 25.5 Å². The van der Waals surface area contributed by atoms with Crippen LogP contribution in [0.3, 0.4) is 0 Å². The number of carboxylic acids is 1. The summed E-state index contributed by atoms with van der Waals surface area (Å²) in [5.74, 6) is -1.31. The van der Waals surface area contributed by atoms with E-state index >= 15 is 0 Å². The van der Waals surface area contributed by atoms with Crippen LogP contribution in [-0.4, -0.2) is 22.1 Å². The first kappa shape index (κ1) is 15.1. The van der Waals surface area contributed by atoms with Crippen molar-refractivity contribution in [3.05, 3.63) is 39.4 Å². The van der Waals surface area contributed by atoms with Gasteiger partial charge in [0.15, 0.2) is 0 Å². The van der Waals surface area contributed by atoms with Crippen LogP contribution in [0.5, 0.6) is 0 Å². The average molecular weight is 267 g/mol. The highest BCUT2D eigenvalue weighted by atomic mass is 16.6. The van der Waals surface area contributed by atoms with Crippen molar-refractivity contribution >= 4 is 11.7 Å². The molecule has 19 heavy (non-hydrogen) atoms. The molecule has 0 bridgehead atoms. The third kappa shape index (κ3) is 4.03. The minimum absolute atomic E-state index is 0.00842. The molecule has 0 saturated heterocycles. The number of rotatable bonds is 7. The largest absolute Gasteiger partial charge is 0.477 e. The number of nitro groups is 1. The van der Waals surface area contributed by atoms with E-state index in [2.05, 4.69) is 0 Å². The second-order valence-corrected chi connectivity index (χ2v) is 4.28. The van der Waals surface area contributed by atoms with Gasteiger partial charge in [0, 0.05) is 6.07 Å². The Morgan fingerprint density at radius 1 is 1.53 bits per heavy atom. The van der Waals surface area contributed by atoms with Crippen LogP contribution in [0, 0.1) is 10.1 Å². The topological polar surface area (TPSA) is 89.7 Å². The Morgan fingerprint density at radius 3 is 2.74 bits per heavy atom. The van der Waals surface area contributed by atoms with Crippen LogP contribution in [0.15, 0.2) is 18.2 Å². The fourth-order valence-corrected chi connectivity index (χ4v) is 1.83. The van der Waals surface area contributed by atoms with E-state index in [0.717, 1.165) is 12.8 Å². The average Bonchev–Trinajstić information content (AvgIpc) is 2.35. The van der Waals surface area contributed by atoms with Crippen molar-refractivity contribution in [2.75, 3.05) is 0 Å². The Bertz CT molecular complexity index is 472. The monoisotopic (exact) mass is 267 g/mol. The van der Waals surface area contributed by atoms with Gasteiger partial charge >= 0.3 is 5.97 Å². The first-order valence-electron chi connectivity index (χ1n) is 6.08. The number of aromatic carboxylic acids is 1. The van der Waals surface area contributed by atoms with E-state index in [1.807, 2.05) is 13.8 Å². The SMILES string of the molecule is CCCC(C)OCc1cccc([N+](=O)[O-])c1C(=O)O. The molecule has 1 unspecified atom stereocenters. The molecule has 0 heterocycles. The van der Waals surface area contributed by atoms with E-state index in [9.17, 15) is 14.9 Å². The molecule has 0 aromatic heterocycles. The minimum Gasteiger partial charge on any atom is -0.477 e. The normalized spacial score (nSPS) is 12.1. The molecule has 104 valence electrons. The lowest BCUT2D eigenvalue weighted by molar-refractivity contribution is -0.385. The van der Waals surface area contributed by atoms with Gasteiger partial charge in [-0.3, -0.25) is 10.1 Å². The molecule has 0 aliphatic heterocycles. The number of nitrogens with zero attached hydrogens (tertiary/aromatic N) is 1. The zero-order valence-corrected chi connectivity index (χ0v) is 11.0. The number of hydrogen-bond donors (Lipinski definition) is 1. The van der Waals surface area contributed by atoms with Crippen molar-refractivity contribution in [2.45, 2.75) is 39.4 Å². The van der Waals surface area contributed by atoms with Crippen LogP contribution >= 0.6 is 0 Å². The number of carbonyl (C=O) groups is 1. The second kappa shape index (κ2) is 6.84. The summed E-state index contributed by atoms with van der Waals surface area (Å²) < 4.78 is 5.51. The maximum atomic E-state index is 11.2. The molecule has 0 radical (unpaired) electrons. The van der Waals surface area contributed by atoms with Crippen LogP contribution in [0.1, 0.15) is 42.6 Å². The summed E-state index contributed by atoms with van der Waals surface area (Å²) in [6, 6.07) is 4.19. The third-order valence-corrected chi connectivity index (χ3v) is 2.76. The summed E-state index contributed by atoms with van der Waals surface area (Å²) in [5.41, 5.74) is -0.377. The van der Waals surface area contributed by atoms with Gasteiger partial charge in [-0.15, -0.1) is 0 Å². The highest BCUT2D eigenvalue weighted by Crippen LogP contribution is 2.23. The number of carboxylic acid groups (broad SMARTS) is 1. The fourth-order valence-electron chi connectivity index (χ4n) is 1.83. The quantitative estimate of drug-likeness (QED) is 0.605. The minimum atomic E-state index is -1.31. The molecule has 0 saturated carbocycles. The van der Waals surface area contributed by atoms with Crippen molar-refractivity contribution in [3.8, 4) is 0 Å². The van der Waals surface area contributed by atoms with Crippen molar-refractivity contribution in [3.63, 3.8) is 0 Å². The smallest absolute Gasteiger partial charge is 0.343 e. The lowest BCUT2D eigenvalue weighted by atomic mass is 10.1. The number of nitro benzene ring substituents is 1. The van der Waals surface area contributed by atoms with Gasteiger partial charge in [-0.25, -0.2) is 4.79 Å². The maximum Gasteiger partial charge on any atom is 0.343 e. The molecule has 6 heteroatoms. The van der Waals surface area contributed by atoms with E-state index in [1.54, 1.807) is 0 Å². The molecule has 1 N–H and O–H groups in total. The molecular weight excluding hydrogens is 250 g/mol. The first-order chi connectivity index (χ1) is 8.97. The van der Waals surface area contributed by atoms with E-state index < -0.39 is 16.6 Å². The molecule has 6 nitrogen and oxygen atoms in total. The van der Waals surface area contributed by atoms with Crippen molar-refractivity contribution in [2.24, 2.45) is 0 Å². The summed E-state index contributed by atoms with van der Waals surface area (Å²) >= 11 is 0. The molecule has 1 aromatic carbocycles. The van der Waals surface area contributed by atoms with Crippen LogP contribution in [0.25, 0.3) is 0 Å². The van der Waals surface area contributed by atoms with E-state index in [0.29, 0.717) is 5.56 Å². The van der Waals surface area contributed by atoms with Gasteiger partial charge in [0.2, 0.25) is 0 Å². The Morgan fingerprint density at radius 2 is 2.21 bits per heavy atom. The van der Waals surface area contributed by atoms with Gasteiger partial charge in [0.25, 0.3) is 5.69 Å². The lowest BCUT2D eigenvalue weighted by Crippen LogP contribution is -2.12. The Kier molecular flexibility index (Phi) is 5.44. The van der Waals surface area contributed by atoms with E-state index in [4.69, 9.17) is 9.84 Å². The van der Waals surface area contributed by atoms with Gasteiger partial charge in [-0.05, 0) is 18.9 Å². The van der Waals surface area contributed by atoms with Crippen LogP contribution in [-0.2, 0) is 11.3 Å².